The number of pyridine rings is 1. The molecule has 1 aromatic heterocycles. The van der Waals surface area contributed by atoms with Crippen molar-refractivity contribution in [2.45, 2.75) is 45.3 Å². The zero-order chi connectivity index (χ0) is 22.6. The van der Waals surface area contributed by atoms with E-state index in [1.165, 1.54) is 4.90 Å². The van der Waals surface area contributed by atoms with Gasteiger partial charge >= 0.3 is 6.03 Å². The number of nitrogens with one attached hydrogen (secondary N) is 1. The number of benzene rings is 1. The molecule has 0 radical (unpaired) electrons. The number of hydrogen-bond donors (Lipinski definition) is 1. The van der Waals surface area contributed by atoms with E-state index in [0.29, 0.717) is 24.2 Å². The molecule has 1 unspecified atom stereocenters. The summed E-state index contributed by atoms with van der Waals surface area (Å²) in [6, 6.07) is 8.26. The van der Waals surface area contributed by atoms with Crippen LogP contribution in [0.1, 0.15) is 41.4 Å². The highest BCUT2D eigenvalue weighted by Crippen LogP contribution is 2.33. The number of aryl methyl sites for hydroxylation is 1. The summed E-state index contributed by atoms with van der Waals surface area (Å²) in [6.45, 7) is 4.67. The van der Waals surface area contributed by atoms with E-state index in [0.717, 1.165) is 16.9 Å². The van der Waals surface area contributed by atoms with Gasteiger partial charge in [-0.3, -0.25) is 34.5 Å². The first-order valence-electron chi connectivity index (χ1n) is 10.6. The van der Waals surface area contributed by atoms with Gasteiger partial charge in [0.25, 0.3) is 5.91 Å². The van der Waals surface area contributed by atoms with Crippen molar-refractivity contribution >= 4 is 35.1 Å². The minimum Gasteiger partial charge on any atom is -0.322 e. The van der Waals surface area contributed by atoms with Crippen LogP contribution in [-0.2, 0) is 16.1 Å². The van der Waals surface area contributed by atoms with E-state index in [1.54, 1.807) is 28.1 Å². The number of hydrogen-bond acceptors (Lipinski definition) is 5. The van der Waals surface area contributed by atoms with Crippen LogP contribution in [0.4, 0.5) is 16.2 Å². The largest absolute Gasteiger partial charge is 0.329 e. The van der Waals surface area contributed by atoms with Gasteiger partial charge in [0, 0.05) is 36.5 Å². The van der Waals surface area contributed by atoms with Crippen molar-refractivity contribution in [2.75, 3.05) is 16.3 Å². The van der Waals surface area contributed by atoms with Crippen molar-refractivity contribution in [1.82, 2.24) is 15.2 Å². The predicted molar refractivity (Wildman–Crippen MR) is 116 cm³/mol. The number of urea groups is 1. The molecule has 2 fully saturated rings. The van der Waals surface area contributed by atoms with E-state index < -0.39 is 11.9 Å². The van der Waals surface area contributed by atoms with Crippen LogP contribution < -0.4 is 15.1 Å². The van der Waals surface area contributed by atoms with Gasteiger partial charge in [0.15, 0.2) is 0 Å². The highest BCUT2D eigenvalue weighted by molar-refractivity contribution is 6.08. The van der Waals surface area contributed by atoms with Crippen LogP contribution in [0.15, 0.2) is 36.5 Å². The van der Waals surface area contributed by atoms with Crippen LogP contribution in [0.5, 0.6) is 0 Å². The van der Waals surface area contributed by atoms with Crippen LogP contribution in [0.2, 0.25) is 0 Å². The van der Waals surface area contributed by atoms with Crippen molar-refractivity contribution in [3.8, 4) is 0 Å². The molecule has 32 heavy (non-hydrogen) atoms. The molecule has 3 aliphatic heterocycles. The lowest BCUT2D eigenvalue weighted by Crippen LogP contribution is -2.52. The van der Waals surface area contributed by atoms with Crippen LogP contribution in [0.3, 0.4) is 0 Å². The van der Waals surface area contributed by atoms with Crippen LogP contribution in [-0.4, -0.2) is 52.3 Å². The molecule has 5 rings (SSSR count). The molecule has 9 heteroatoms. The first-order chi connectivity index (χ1) is 15.3. The number of aromatic nitrogens is 1. The lowest BCUT2D eigenvalue weighted by Gasteiger charge is -2.29. The zero-order valence-corrected chi connectivity index (χ0v) is 17.9. The van der Waals surface area contributed by atoms with E-state index in [9.17, 15) is 19.2 Å². The van der Waals surface area contributed by atoms with Crippen molar-refractivity contribution in [1.29, 1.82) is 0 Å². The molecule has 0 spiro atoms. The molecule has 3 aliphatic rings. The summed E-state index contributed by atoms with van der Waals surface area (Å²) in [6.07, 6.45) is 2.23. The minimum atomic E-state index is -0.658. The Morgan fingerprint density at radius 3 is 2.56 bits per heavy atom. The molecular weight excluding hydrogens is 410 g/mol. The first-order valence-corrected chi connectivity index (χ1v) is 10.6. The molecule has 1 N–H and O–H groups in total. The number of carbonyl (C=O) groups is 4. The third-order valence-corrected chi connectivity index (χ3v) is 6.32. The van der Waals surface area contributed by atoms with Gasteiger partial charge in [0.1, 0.15) is 6.04 Å². The second-order valence-corrected chi connectivity index (χ2v) is 8.51. The van der Waals surface area contributed by atoms with Gasteiger partial charge in [-0.1, -0.05) is 0 Å². The fourth-order valence-electron chi connectivity index (χ4n) is 4.65. The SMILES string of the molecule is Cc1ccc(N2C(=O)N(c3ccc4c(c3)CN(C3CCC(=O)NC3=O)C4=O)C[C@H]2C)cn1. The third-order valence-electron chi connectivity index (χ3n) is 6.32. The van der Waals surface area contributed by atoms with Crippen molar-refractivity contribution < 1.29 is 19.2 Å². The van der Waals surface area contributed by atoms with Crippen LogP contribution >= 0.6 is 0 Å². The minimum absolute atomic E-state index is 0.0399. The standard InChI is InChI=1S/C23H23N5O4/c1-13-3-4-17(10-24-13)28-14(2)11-26(23(28)32)16-5-6-18-15(9-16)12-27(22(18)31)19-7-8-20(29)25-21(19)30/h3-6,9-10,14,19H,7-8,11-12H2,1-2H3,(H,25,29,30)/t14-,19?/m1/s1. The molecule has 5 amide bonds. The van der Waals surface area contributed by atoms with E-state index in [-0.39, 0.29) is 36.9 Å². The van der Waals surface area contributed by atoms with Crippen molar-refractivity contribution in [3.05, 3.63) is 53.3 Å². The van der Waals surface area contributed by atoms with Crippen LogP contribution in [0, 0.1) is 6.92 Å². The molecule has 1 aromatic carbocycles. The smallest absolute Gasteiger partial charge is 0.322 e. The second-order valence-electron chi connectivity index (χ2n) is 8.51. The summed E-state index contributed by atoms with van der Waals surface area (Å²) in [7, 11) is 0. The van der Waals surface area contributed by atoms with Gasteiger partial charge in [-0.2, -0.15) is 0 Å². The summed E-state index contributed by atoms with van der Waals surface area (Å²) < 4.78 is 0. The van der Waals surface area contributed by atoms with Crippen LogP contribution in [0.25, 0.3) is 0 Å². The summed E-state index contributed by atoms with van der Waals surface area (Å²) >= 11 is 0. The van der Waals surface area contributed by atoms with Gasteiger partial charge in [-0.25, -0.2) is 4.79 Å². The average Bonchev–Trinajstić information content (AvgIpc) is 3.24. The Labute approximate surface area is 185 Å². The summed E-state index contributed by atoms with van der Waals surface area (Å²) in [5, 5.41) is 2.31. The maximum absolute atomic E-state index is 13.2. The number of piperidine rings is 1. The Kier molecular flexibility index (Phi) is 4.69. The molecule has 2 atom stereocenters. The number of fused-ring (bicyclic) bond motifs is 1. The molecule has 0 aliphatic carbocycles. The maximum atomic E-state index is 13.2. The summed E-state index contributed by atoms with van der Waals surface area (Å²) in [5.74, 6) is -0.976. The van der Waals surface area contributed by atoms with Gasteiger partial charge < -0.3 is 4.90 Å². The molecule has 2 saturated heterocycles. The number of nitrogens with zero attached hydrogens (tertiary/aromatic N) is 4. The Bertz CT molecular complexity index is 1150. The Morgan fingerprint density at radius 1 is 1.06 bits per heavy atom. The maximum Gasteiger partial charge on any atom is 0.329 e. The molecular formula is C23H23N5O4. The number of carbonyl (C=O) groups excluding carboxylic acids is 4. The van der Waals surface area contributed by atoms with Crippen molar-refractivity contribution in [2.24, 2.45) is 0 Å². The molecule has 0 saturated carbocycles. The number of amides is 5. The normalized spacial score (nSPS) is 23.1. The fourth-order valence-corrected chi connectivity index (χ4v) is 4.65. The summed E-state index contributed by atoms with van der Waals surface area (Å²) in [4.78, 5) is 59.0. The quantitative estimate of drug-likeness (QED) is 0.746. The third kappa shape index (κ3) is 3.21. The van der Waals surface area contributed by atoms with E-state index in [2.05, 4.69) is 10.3 Å². The van der Waals surface area contributed by atoms with E-state index in [4.69, 9.17) is 0 Å². The molecule has 9 nitrogen and oxygen atoms in total. The number of rotatable bonds is 3. The van der Waals surface area contributed by atoms with E-state index >= 15 is 0 Å². The highest BCUT2D eigenvalue weighted by atomic mass is 16.2. The van der Waals surface area contributed by atoms with Gasteiger partial charge in [0.2, 0.25) is 11.8 Å². The molecule has 0 bridgehead atoms. The lowest BCUT2D eigenvalue weighted by atomic mass is 10.0. The molecule has 4 heterocycles. The topological polar surface area (TPSA) is 103 Å². The number of anilines is 2. The summed E-state index contributed by atoms with van der Waals surface area (Å²) in [5.41, 5.74) is 3.64. The fraction of sp³-hybridized carbons (Fsp3) is 0.348. The molecule has 2 aromatic rings. The molecule has 164 valence electrons. The monoisotopic (exact) mass is 433 g/mol. The Hall–Kier alpha value is -3.75. The lowest BCUT2D eigenvalue weighted by molar-refractivity contribution is -0.136. The Balaban J connectivity index is 1.38. The number of imide groups is 1. The first kappa shape index (κ1) is 20.2. The predicted octanol–water partition coefficient (Wildman–Crippen LogP) is 1.99. The average molecular weight is 433 g/mol. The van der Waals surface area contributed by atoms with Gasteiger partial charge in [-0.15, -0.1) is 0 Å². The van der Waals surface area contributed by atoms with Crippen molar-refractivity contribution in [3.63, 3.8) is 0 Å². The van der Waals surface area contributed by atoms with Gasteiger partial charge in [0.05, 0.1) is 17.9 Å². The highest BCUT2D eigenvalue weighted by Gasteiger charge is 2.41. The zero-order valence-electron chi connectivity index (χ0n) is 17.9. The Morgan fingerprint density at radius 2 is 1.84 bits per heavy atom. The second kappa shape index (κ2) is 7.44. The van der Waals surface area contributed by atoms with E-state index in [1.807, 2.05) is 32.0 Å². The van der Waals surface area contributed by atoms with Gasteiger partial charge in [-0.05, 0) is 56.2 Å².